The Morgan fingerprint density at radius 1 is 1.16 bits per heavy atom. The van der Waals surface area contributed by atoms with Crippen molar-refractivity contribution in [2.45, 2.75) is 58.1 Å². The molecule has 1 aromatic rings. The van der Waals surface area contributed by atoms with Gasteiger partial charge in [-0.25, -0.2) is 0 Å². The summed E-state index contributed by atoms with van der Waals surface area (Å²) in [4.78, 5) is 19.6. The van der Waals surface area contributed by atoms with Gasteiger partial charge in [0.15, 0.2) is 0 Å². The van der Waals surface area contributed by atoms with E-state index < -0.39 is 0 Å². The molecule has 3 rings (SSSR count). The Labute approximate surface area is 188 Å². The SMILES string of the molecule is C[C@@H]1CN([C@H](C)CO)C(=O)c2cc(N(C)C)ccc2O[C@@H]1CN(C)CC1CCCCC1. The van der Waals surface area contributed by atoms with Gasteiger partial charge in [-0.2, -0.15) is 0 Å². The Kier molecular flexibility index (Phi) is 8.23. The van der Waals surface area contributed by atoms with Crippen molar-refractivity contribution in [3.8, 4) is 5.75 Å². The Hall–Kier alpha value is -1.79. The van der Waals surface area contributed by atoms with Gasteiger partial charge in [0.05, 0.1) is 18.2 Å². The number of carbonyl (C=O) groups excluding carboxylic acids is 1. The first kappa shape index (κ1) is 23.9. The zero-order chi connectivity index (χ0) is 22.5. The lowest BCUT2D eigenvalue weighted by Crippen LogP contribution is -2.50. The second-order valence-corrected chi connectivity index (χ2v) is 9.92. The number of amides is 1. The summed E-state index contributed by atoms with van der Waals surface area (Å²) in [6.45, 7) is 6.54. The average Bonchev–Trinajstić information content (AvgIpc) is 2.75. The van der Waals surface area contributed by atoms with E-state index in [0.717, 1.165) is 24.7 Å². The van der Waals surface area contributed by atoms with E-state index in [1.54, 1.807) is 0 Å². The lowest BCUT2D eigenvalue weighted by atomic mass is 9.89. The molecule has 1 aliphatic carbocycles. The van der Waals surface area contributed by atoms with Gasteiger partial charge in [-0.15, -0.1) is 0 Å². The van der Waals surface area contributed by atoms with Crippen LogP contribution in [0.2, 0.25) is 0 Å². The number of benzene rings is 1. The van der Waals surface area contributed by atoms with Gasteiger partial charge in [0.25, 0.3) is 5.91 Å². The van der Waals surface area contributed by atoms with Crippen molar-refractivity contribution in [3.05, 3.63) is 23.8 Å². The molecule has 1 heterocycles. The van der Waals surface area contributed by atoms with E-state index in [1.165, 1.54) is 32.1 Å². The quantitative estimate of drug-likeness (QED) is 0.716. The lowest BCUT2D eigenvalue weighted by Gasteiger charge is -2.39. The number of fused-ring (bicyclic) bond motifs is 1. The number of likely N-dealkylation sites (N-methyl/N-ethyl adjacent to an activating group) is 1. The largest absolute Gasteiger partial charge is 0.488 e. The van der Waals surface area contributed by atoms with Crippen LogP contribution < -0.4 is 9.64 Å². The monoisotopic (exact) mass is 431 g/mol. The second kappa shape index (κ2) is 10.7. The highest BCUT2D eigenvalue weighted by Gasteiger charge is 2.33. The minimum Gasteiger partial charge on any atom is -0.488 e. The van der Waals surface area contributed by atoms with E-state index in [2.05, 4.69) is 18.9 Å². The predicted molar refractivity (Wildman–Crippen MR) is 126 cm³/mol. The molecule has 0 saturated heterocycles. The molecule has 6 nitrogen and oxygen atoms in total. The summed E-state index contributed by atoms with van der Waals surface area (Å²) >= 11 is 0. The topological polar surface area (TPSA) is 56.3 Å². The molecule has 3 atom stereocenters. The minimum absolute atomic E-state index is 0.0148. The summed E-state index contributed by atoms with van der Waals surface area (Å²) in [5, 5.41) is 9.80. The van der Waals surface area contributed by atoms with Crippen molar-refractivity contribution in [1.82, 2.24) is 9.80 Å². The van der Waals surface area contributed by atoms with Crippen molar-refractivity contribution in [3.63, 3.8) is 0 Å². The maximum absolute atomic E-state index is 13.4. The van der Waals surface area contributed by atoms with Crippen LogP contribution in [-0.2, 0) is 0 Å². The summed E-state index contributed by atoms with van der Waals surface area (Å²) in [5.41, 5.74) is 1.55. The first-order valence-electron chi connectivity index (χ1n) is 11.9. The van der Waals surface area contributed by atoms with Gasteiger partial charge < -0.3 is 24.5 Å². The third-order valence-electron chi connectivity index (χ3n) is 6.95. The third-order valence-corrected chi connectivity index (χ3v) is 6.95. The van der Waals surface area contributed by atoms with E-state index in [0.29, 0.717) is 17.9 Å². The molecular formula is C25H41N3O3. The highest BCUT2D eigenvalue weighted by molar-refractivity contribution is 5.98. The molecule has 1 aliphatic heterocycles. The molecule has 0 aromatic heterocycles. The van der Waals surface area contributed by atoms with Crippen LogP contribution in [0.1, 0.15) is 56.3 Å². The Morgan fingerprint density at radius 2 is 1.87 bits per heavy atom. The summed E-state index contributed by atoms with van der Waals surface area (Å²) in [6, 6.07) is 5.61. The Morgan fingerprint density at radius 3 is 2.52 bits per heavy atom. The van der Waals surface area contributed by atoms with E-state index in [9.17, 15) is 9.90 Å². The molecule has 1 aromatic carbocycles. The fourth-order valence-electron chi connectivity index (χ4n) is 4.90. The summed E-state index contributed by atoms with van der Waals surface area (Å²) in [7, 11) is 6.13. The molecule has 0 unspecified atom stereocenters. The van der Waals surface area contributed by atoms with Gasteiger partial charge in [-0.3, -0.25) is 4.79 Å². The normalized spacial score (nSPS) is 23.7. The van der Waals surface area contributed by atoms with Crippen molar-refractivity contribution in [1.29, 1.82) is 0 Å². The molecule has 1 fully saturated rings. The number of aliphatic hydroxyl groups excluding tert-OH is 1. The highest BCUT2D eigenvalue weighted by atomic mass is 16.5. The molecule has 1 saturated carbocycles. The molecule has 0 bridgehead atoms. The van der Waals surface area contributed by atoms with Crippen molar-refractivity contribution >= 4 is 11.6 Å². The van der Waals surface area contributed by atoms with E-state index >= 15 is 0 Å². The molecule has 1 N–H and O–H groups in total. The number of rotatable bonds is 7. The molecule has 2 aliphatic rings. The number of aliphatic hydroxyl groups is 1. The maximum atomic E-state index is 13.4. The Balaban J connectivity index is 1.84. The number of hydrogen-bond acceptors (Lipinski definition) is 5. The van der Waals surface area contributed by atoms with E-state index in [1.807, 2.05) is 49.0 Å². The average molecular weight is 432 g/mol. The van der Waals surface area contributed by atoms with Crippen molar-refractivity contribution < 1.29 is 14.6 Å². The van der Waals surface area contributed by atoms with Crippen LogP contribution in [0, 0.1) is 11.8 Å². The van der Waals surface area contributed by atoms with E-state index in [-0.39, 0.29) is 30.6 Å². The predicted octanol–water partition coefficient (Wildman–Crippen LogP) is 3.48. The fraction of sp³-hybridized carbons (Fsp3) is 0.720. The molecule has 6 heteroatoms. The molecule has 1 amide bonds. The van der Waals surface area contributed by atoms with Crippen molar-refractivity contribution in [2.24, 2.45) is 11.8 Å². The first-order valence-corrected chi connectivity index (χ1v) is 11.9. The van der Waals surface area contributed by atoms with Crippen molar-refractivity contribution in [2.75, 3.05) is 52.3 Å². The standard InChI is InChI=1S/C25H41N3O3/c1-18-14-28(19(2)17-29)25(30)22-13-21(26(3)4)11-12-23(22)31-24(18)16-27(5)15-20-9-7-6-8-10-20/h11-13,18-20,24,29H,6-10,14-17H2,1-5H3/t18-,19-,24-/m1/s1. The molecule has 174 valence electrons. The van der Waals surface area contributed by atoms with Crippen LogP contribution in [0.4, 0.5) is 5.69 Å². The summed E-state index contributed by atoms with van der Waals surface area (Å²) in [5.74, 6) is 1.52. The van der Waals surface area contributed by atoms with Gasteiger partial charge >= 0.3 is 0 Å². The van der Waals surface area contributed by atoms with Gasteiger partial charge in [-0.05, 0) is 50.9 Å². The highest BCUT2D eigenvalue weighted by Crippen LogP contribution is 2.31. The summed E-state index contributed by atoms with van der Waals surface area (Å²) in [6.07, 6.45) is 6.73. The molecule has 0 spiro atoms. The van der Waals surface area contributed by atoms with Crippen LogP contribution in [0.3, 0.4) is 0 Å². The first-order chi connectivity index (χ1) is 14.8. The van der Waals surface area contributed by atoms with Gasteiger partial charge in [0.1, 0.15) is 11.9 Å². The smallest absolute Gasteiger partial charge is 0.258 e. The zero-order valence-corrected chi connectivity index (χ0v) is 20.0. The maximum Gasteiger partial charge on any atom is 0.258 e. The fourth-order valence-corrected chi connectivity index (χ4v) is 4.90. The van der Waals surface area contributed by atoms with Crippen LogP contribution >= 0.6 is 0 Å². The summed E-state index contributed by atoms with van der Waals surface area (Å²) < 4.78 is 6.51. The van der Waals surface area contributed by atoms with Crippen LogP contribution in [0.15, 0.2) is 18.2 Å². The lowest BCUT2D eigenvalue weighted by molar-refractivity contribution is 0.0330. The molecule has 0 radical (unpaired) electrons. The van der Waals surface area contributed by atoms with Crippen LogP contribution in [0.5, 0.6) is 5.75 Å². The molecular weight excluding hydrogens is 390 g/mol. The Bertz CT molecular complexity index is 733. The third kappa shape index (κ3) is 5.92. The number of anilines is 1. The van der Waals surface area contributed by atoms with Gasteiger partial charge in [0.2, 0.25) is 0 Å². The van der Waals surface area contributed by atoms with Crippen LogP contribution in [-0.4, -0.2) is 80.3 Å². The number of nitrogens with zero attached hydrogens (tertiary/aromatic N) is 3. The van der Waals surface area contributed by atoms with Crippen LogP contribution in [0.25, 0.3) is 0 Å². The number of hydrogen-bond donors (Lipinski definition) is 1. The molecule has 31 heavy (non-hydrogen) atoms. The number of ether oxygens (including phenoxy) is 1. The second-order valence-electron chi connectivity index (χ2n) is 9.92. The zero-order valence-electron chi connectivity index (χ0n) is 20.0. The van der Waals surface area contributed by atoms with Gasteiger partial charge in [0, 0.05) is 45.3 Å². The number of carbonyl (C=O) groups is 1. The minimum atomic E-state index is -0.232. The van der Waals surface area contributed by atoms with Gasteiger partial charge in [-0.1, -0.05) is 26.2 Å². The van der Waals surface area contributed by atoms with E-state index in [4.69, 9.17) is 4.74 Å².